The van der Waals surface area contributed by atoms with Crippen molar-refractivity contribution in [3.63, 3.8) is 0 Å². The lowest BCUT2D eigenvalue weighted by Crippen LogP contribution is -2.31. The lowest BCUT2D eigenvalue weighted by atomic mass is 10.2. The van der Waals surface area contributed by atoms with E-state index in [9.17, 15) is 9.18 Å². The van der Waals surface area contributed by atoms with Crippen LogP contribution in [0.25, 0.3) is 0 Å². The molecule has 0 fully saturated rings. The highest BCUT2D eigenvalue weighted by atomic mass is 19.1. The van der Waals surface area contributed by atoms with Crippen molar-refractivity contribution in [1.29, 1.82) is 5.26 Å². The van der Waals surface area contributed by atoms with Gasteiger partial charge in [0.1, 0.15) is 5.82 Å². The molecule has 1 aromatic rings. The SMILES string of the molecule is CC(C#N)CNC(=O)Nc1ccc(F)cc1. The van der Waals surface area contributed by atoms with Gasteiger partial charge in [0.25, 0.3) is 0 Å². The van der Waals surface area contributed by atoms with E-state index in [0.29, 0.717) is 5.69 Å². The summed E-state index contributed by atoms with van der Waals surface area (Å²) in [6.07, 6.45) is 0. The Balaban J connectivity index is 2.40. The van der Waals surface area contributed by atoms with Crippen LogP contribution in [0.5, 0.6) is 0 Å². The smallest absolute Gasteiger partial charge is 0.319 e. The number of rotatable bonds is 3. The highest BCUT2D eigenvalue weighted by Gasteiger charge is 2.04. The van der Waals surface area contributed by atoms with E-state index in [1.165, 1.54) is 24.3 Å². The largest absolute Gasteiger partial charge is 0.337 e. The van der Waals surface area contributed by atoms with Gasteiger partial charge < -0.3 is 10.6 Å². The fourth-order valence-electron chi connectivity index (χ4n) is 1.000. The van der Waals surface area contributed by atoms with Gasteiger partial charge >= 0.3 is 6.03 Å². The number of amides is 2. The topological polar surface area (TPSA) is 64.9 Å². The molecule has 1 rings (SSSR count). The summed E-state index contributed by atoms with van der Waals surface area (Å²) in [7, 11) is 0. The van der Waals surface area contributed by atoms with Crippen LogP contribution in [-0.4, -0.2) is 12.6 Å². The van der Waals surface area contributed by atoms with Crippen LogP contribution in [0.3, 0.4) is 0 Å². The van der Waals surface area contributed by atoms with Gasteiger partial charge in [0.15, 0.2) is 0 Å². The number of nitrogens with zero attached hydrogens (tertiary/aromatic N) is 1. The van der Waals surface area contributed by atoms with Gasteiger partial charge in [-0.1, -0.05) is 0 Å². The van der Waals surface area contributed by atoms with Gasteiger partial charge in [-0.2, -0.15) is 5.26 Å². The normalized spacial score (nSPS) is 11.3. The highest BCUT2D eigenvalue weighted by Crippen LogP contribution is 2.07. The van der Waals surface area contributed by atoms with E-state index in [2.05, 4.69) is 10.6 Å². The Morgan fingerprint density at radius 1 is 1.50 bits per heavy atom. The molecule has 0 radical (unpaired) electrons. The molecule has 0 saturated carbocycles. The van der Waals surface area contributed by atoms with Gasteiger partial charge in [-0.3, -0.25) is 0 Å². The molecule has 0 saturated heterocycles. The van der Waals surface area contributed by atoms with Crippen LogP contribution < -0.4 is 10.6 Å². The average Bonchev–Trinajstić information content (AvgIpc) is 2.29. The van der Waals surface area contributed by atoms with Crippen LogP contribution in [-0.2, 0) is 0 Å². The summed E-state index contributed by atoms with van der Waals surface area (Å²) in [4.78, 5) is 11.3. The van der Waals surface area contributed by atoms with E-state index in [4.69, 9.17) is 5.26 Å². The van der Waals surface area contributed by atoms with Gasteiger partial charge in [-0.25, -0.2) is 9.18 Å². The number of halogens is 1. The van der Waals surface area contributed by atoms with Crippen molar-refractivity contribution >= 4 is 11.7 Å². The number of urea groups is 1. The molecule has 0 aliphatic carbocycles. The fourth-order valence-corrected chi connectivity index (χ4v) is 1.000. The molecule has 5 heteroatoms. The Kier molecular flexibility index (Phi) is 4.28. The second-order valence-electron chi connectivity index (χ2n) is 3.37. The van der Waals surface area contributed by atoms with Gasteiger partial charge in [0, 0.05) is 12.2 Å². The highest BCUT2D eigenvalue weighted by molar-refractivity contribution is 5.89. The maximum Gasteiger partial charge on any atom is 0.319 e. The third kappa shape index (κ3) is 3.96. The maximum atomic E-state index is 12.6. The summed E-state index contributed by atoms with van der Waals surface area (Å²) in [5.74, 6) is -0.594. The first kappa shape index (κ1) is 12.0. The number of nitriles is 1. The van der Waals surface area contributed by atoms with Crippen LogP contribution in [0.1, 0.15) is 6.92 Å². The minimum atomic E-state index is -0.409. The molecule has 0 spiro atoms. The molecule has 4 nitrogen and oxygen atoms in total. The minimum Gasteiger partial charge on any atom is -0.337 e. The molecule has 2 N–H and O–H groups in total. The first-order valence-electron chi connectivity index (χ1n) is 4.82. The summed E-state index contributed by atoms with van der Waals surface area (Å²) in [5, 5.41) is 13.6. The van der Waals surface area contributed by atoms with E-state index in [1.807, 2.05) is 6.07 Å². The van der Waals surface area contributed by atoms with Gasteiger partial charge in [0.05, 0.1) is 12.0 Å². The van der Waals surface area contributed by atoms with Crippen LogP contribution in [0, 0.1) is 23.1 Å². The lowest BCUT2D eigenvalue weighted by Gasteiger charge is -2.08. The summed E-state index contributed by atoms with van der Waals surface area (Å²) in [6, 6.07) is 7.03. The van der Waals surface area contributed by atoms with E-state index < -0.39 is 6.03 Å². The van der Waals surface area contributed by atoms with Crippen LogP contribution >= 0.6 is 0 Å². The number of hydrogen-bond donors (Lipinski definition) is 2. The molecule has 84 valence electrons. The molecule has 0 aromatic heterocycles. The average molecular weight is 221 g/mol. The summed E-state index contributed by atoms with van der Waals surface area (Å²) >= 11 is 0. The van der Waals surface area contributed by atoms with E-state index in [0.717, 1.165) is 0 Å². The summed E-state index contributed by atoms with van der Waals surface area (Å²) in [6.45, 7) is 1.99. The van der Waals surface area contributed by atoms with Gasteiger partial charge in [-0.15, -0.1) is 0 Å². The number of benzene rings is 1. The van der Waals surface area contributed by atoms with E-state index in [-0.39, 0.29) is 18.3 Å². The van der Waals surface area contributed by atoms with Gasteiger partial charge in [0.2, 0.25) is 0 Å². The zero-order valence-electron chi connectivity index (χ0n) is 8.83. The quantitative estimate of drug-likeness (QED) is 0.820. The Morgan fingerprint density at radius 2 is 2.12 bits per heavy atom. The Morgan fingerprint density at radius 3 is 2.69 bits per heavy atom. The van der Waals surface area contributed by atoms with Crippen molar-refractivity contribution in [3.8, 4) is 6.07 Å². The second-order valence-corrected chi connectivity index (χ2v) is 3.37. The van der Waals surface area contributed by atoms with Crippen LogP contribution in [0.15, 0.2) is 24.3 Å². The van der Waals surface area contributed by atoms with Crippen LogP contribution in [0.2, 0.25) is 0 Å². The predicted octanol–water partition coefficient (Wildman–Crippen LogP) is 2.11. The first-order chi connectivity index (χ1) is 7.61. The molecule has 0 aliphatic rings. The lowest BCUT2D eigenvalue weighted by molar-refractivity contribution is 0.251. The number of anilines is 1. The molecule has 1 atom stereocenters. The third-order valence-corrected chi connectivity index (χ3v) is 1.89. The second kappa shape index (κ2) is 5.71. The fraction of sp³-hybridized carbons (Fsp3) is 0.273. The molecule has 0 heterocycles. The van der Waals surface area contributed by atoms with Crippen molar-refractivity contribution < 1.29 is 9.18 Å². The van der Waals surface area contributed by atoms with Gasteiger partial charge in [-0.05, 0) is 31.2 Å². The minimum absolute atomic E-state index is 0.237. The molecular formula is C11H12FN3O. The number of nitrogens with one attached hydrogen (secondary N) is 2. The number of hydrogen-bond acceptors (Lipinski definition) is 2. The molecule has 16 heavy (non-hydrogen) atoms. The van der Waals surface area contributed by atoms with Crippen molar-refractivity contribution in [2.75, 3.05) is 11.9 Å². The Labute approximate surface area is 93.1 Å². The van der Waals surface area contributed by atoms with E-state index in [1.54, 1.807) is 6.92 Å². The molecule has 1 unspecified atom stereocenters. The number of carbonyl (C=O) groups excluding carboxylic acids is 1. The molecule has 2 amide bonds. The Bertz CT molecular complexity index is 397. The zero-order valence-corrected chi connectivity index (χ0v) is 8.83. The molecule has 0 aliphatic heterocycles. The number of carbonyl (C=O) groups is 1. The molecule has 0 bridgehead atoms. The molecule has 1 aromatic carbocycles. The van der Waals surface area contributed by atoms with Crippen molar-refractivity contribution in [2.45, 2.75) is 6.92 Å². The predicted molar refractivity (Wildman–Crippen MR) is 58.2 cm³/mol. The van der Waals surface area contributed by atoms with Crippen molar-refractivity contribution in [1.82, 2.24) is 5.32 Å². The zero-order chi connectivity index (χ0) is 12.0. The first-order valence-corrected chi connectivity index (χ1v) is 4.82. The summed E-state index contributed by atoms with van der Waals surface area (Å²) < 4.78 is 12.6. The monoisotopic (exact) mass is 221 g/mol. The van der Waals surface area contributed by atoms with Crippen molar-refractivity contribution in [3.05, 3.63) is 30.1 Å². The van der Waals surface area contributed by atoms with E-state index >= 15 is 0 Å². The van der Waals surface area contributed by atoms with Crippen LogP contribution in [0.4, 0.5) is 14.9 Å². The third-order valence-electron chi connectivity index (χ3n) is 1.89. The molecular weight excluding hydrogens is 209 g/mol. The Hall–Kier alpha value is -2.09. The maximum absolute atomic E-state index is 12.6. The van der Waals surface area contributed by atoms with Crippen molar-refractivity contribution in [2.24, 2.45) is 5.92 Å². The summed E-state index contributed by atoms with van der Waals surface area (Å²) in [5.41, 5.74) is 0.503. The standard InChI is InChI=1S/C11H12FN3O/c1-8(6-13)7-14-11(16)15-10-4-2-9(12)3-5-10/h2-5,8H,7H2,1H3,(H2,14,15,16).